The molecule has 1 aliphatic rings. The molecule has 1 aliphatic heterocycles. The molecule has 2 amide bonds. The molecule has 1 heterocycles. The maximum atomic E-state index is 13.7. The molecule has 3 atom stereocenters. The number of nitrogens with one attached hydrogen (secondary N) is 2. The molecule has 0 aliphatic carbocycles. The van der Waals surface area contributed by atoms with E-state index in [0.29, 0.717) is 64.4 Å². The number of hydrogen-bond donors (Lipinski definition) is 7. The van der Waals surface area contributed by atoms with Crippen molar-refractivity contribution in [2.24, 2.45) is 11.7 Å². The average Bonchev–Trinajstić information content (AvgIpc) is 3.20. The molecule has 1 saturated heterocycles. The second-order valence-corrected chi connectivity index (χ2v) is 16.3. The van der Waals surface area contributed by atoms with Gasteiger partial charge in [0.1, 0.15) is 6.04 Å². The second-order valence-electron chi connectivity index (χ2n) is 16.3. The van der Waals surface area contributed by atoms with Crippen molar-refractivity contribution < 1.29 is 54.0 Å². The van der Waals surface area contributed by atoms with Crippen molar-refractivity contribution in [3.63, 3.8) is 0 Å². The Morgan fingerprint density at radius 2 is 1.27 bits per heavy atom. The molecule has 3 unspecified atom stereocenters. The SMILES string of the molecule is CC(C)CN1CCN(CC(=O)O)CCN(CC(=O)O)CC(Cc2ccc(C(=O)NC(Cc3ccccc3)C(=O)CCC(=O)NC(CCCCN)C(=O)O)cc2)N(CC(=O)O)CC1. The van der Waals surface area contributed by atoms with E-state index in [9.17, 15) is 54.0 Å². The van der Waals surface area contributed by atoms with Crippen LogP contribution in [0.25, 0.3) is 0 Å². The maximum absolute atomic E-state index is 13.7. The van der Waals surface area contributed by atoms with Crippen LogP contribution in [0.15, 0.2) is 54.6 Å². The number of carbonyl (C=O) groups excluding carboxylic acids is 3. The lowest BCUT2D eigenvalue weighted by Gasteiger charge is -2.38. The zero-order chi connectivity index (χ0) is 45.6. The highest BCUT2D eigenvalue weighted by Gasteiger charge is 2.28. The van der Waals surface area contributed by atoms with Crippen LogP contribution in [-0.2, 0) is 41.6 Å². The van der Waals surface area contributed by atoms with Gasteiger partial charge in [-0.2, -0.15) is 0 Å². The van der Waals surface area contributed by atoms with Crippen molar-refractivity contribution in [2.75, 3.05) is 78.5 Å². The van der Waals surface area contributed by atoms with E-state index in [2.05, 4.69) is 29.4 Å². The highest BCUT2D eigenvalue weighted by molar-refractivity contribution is 5.98. The first-order valence-electron chi connectivity index (χ1n) is 21.3. The summed E-state index contributed by atoms with van der Waals surface area (Å²) >= 11 is 0. The molecule has 0 bridgehead atoms. The van der Waals surface area contributed by atoms with Crippen LogP contribution >= 0.6 is 0 Å². The molecule has 3 rings (SSSR count). The predicted molar refractivity (Wildman–Crippen MR) is 231 cm³/mol. The summed E-state index contributed by atoms with van der Waals surface area (Å²) in [6, 6.07) is 13.1. The summed E-state index contributed by atoms with van der Waals surface area (Å²) in [6.07, 6.45) is 1.28. The first kappa shape index (κ1) is 51.1. The number of hydrogen-bond acceptors (Lipinski definition) is 12. The van der Waals surface area contributed by atoms with Crippen molar-refractivity contribution in [3.05, 3.63) is 71.3 Å². The van der Waals surface area contributed by atoms with Crippen LogP contribution < -0.4 is 16.4 Å². The molecular weight excluding hydrogens is 803 g/mol. The van der Waals surface area contributed by atoms with E-state index in [4.69, 9.17) is 5.73 Å². The summed E-state index contributed by atoms with van der Waals surface area (Å²) in [4.78, 5) is 95.1. The van der Waals surface area contributed by atoms with Gasteiger partial charge in [-0.05, 0) is 67.8 Å². The number of carbonyl (C=O) groups is 7. The molecule has 2 aromatic carbocycles. The van der Waals surface area contributed by atoms with E-state index in [1.807, 2.05) is 23.1 Å². The van der Waals surface area contributed by atoms with Crippen LogP contribution in [0.3, 0.4) is 0 Å². The van der Waals surface area contributed by atoms with Crippen molar-refractivity contribution in [1.29, 1.82) is 0 Å². The minimum Gasteiger partial charge on any atom is -0.480 e. The lowest BCUT2D eigenvalue weighted by atomic mass is 9.98. The van der Waals surface area contributed by atoms with Gasteiger partial charge in [0, 0.05) is 76.8 Å². The van der Waals surface area contributed by atoms with Crippen molar-refractivity contribution >= 4 is 41.5 Å². The van der Waals surface area contributed by atoms with E-state index >= 15 is 0 Å². The summed E-state index contributed by atoms with van der Waals surface area (Å²) in [5.41, 5.74) is 7.28. The fourth-order valence-electron chi connectivity index (χ4n) is 7.53. The summed E-state index contributed by atoms with van der Waals surface area (Å²) in [5.74, 6) is -5.52. The molecule has 0 aromatic heterocycles. The molecule has 18 nitrogen and oxygen atoms in total. The van der Waals surface area contributed by atoms with Gasteiger partial charge >= 0.3 is 23.9 Å². The minimum absolute atomic E-state index is 0.151. The number of nitrogens with zero attached hydrogens (tertiary/aromatic N) is 4. The van der Waals surface area contributed by atoms with Crippen molar-refractivity contribution in [1.82, 2.24) is 30.2 Å². The molecule has 1 fully saturated rings. The Morgan fingerprint density at radius 1 is 0.677 bits per heavy atom. The number of nitrogens with two attached hydrogens (primary N) is 1. The van der Waals surface area contributed by atoms with Crippen molar-refractivity contribution in [3.8, 4) is 0 Å². The number of amides is 2. The van der Waals surface area contributed by atoms with Gasteiger partial charge in [0.05, 0.1) is 25.7 Å². The first-order valence-corrected chi connectivity index (χ1v) is 21.3. The number of ketones is 1. The smallest absolute Gasteiger partial charge is 0.326 e. The normalized spacial score (nSPS) is 17.3. The monoisotopic (exact) mass is 867 g/mol. The Labute approximate surface area is 363 Å². The van der Waals surface area contributed by atoms with Gasteiger partial charge in [-0.25, -0.2) is 4.79 Å². The molecule has 0 spiro atoms. The van der Waals surface area contributed by atoms with Gasteiger partial charge in [-0.15, -0.1) is 0 Å². The molecule has 0 radical (unpaired) electrons. The van der Waals surface area contributed by atoms with Crippen LogP contribution in [0.5, 0.6) is 0 Å². The molecule has 8 N–H and O–H groups in total. The fourth-order valence-corrected chi connectivity index (χ4v) is 7.53. The van der Waals surface area contributed by atoms with Gasteiger partial charge in [-0.3, -0.25) is 43.5 Å². The summed E-state index contributed by atoms with van der Waals surface area (Å²) in [5, 5.41) is 44.2. The number of aliphatic carboxylic acids is 4. The molecular formula is C44H65N7O11. The van der Waals surface area contributed by atoms with Crippen LogP contribution in [0.1, 0.15) is 67.4 Å². The highest BCUT2D eigenvalue weighted by atomic mass is 16.4. The molecule has 18 heteroatoms. The Hall–Kier alpha value is -5.27. The number of carboxylic acids is 4. The molecule has 62 heavy (non-hydrogen) atoms. The largest absolute Gasteiger partial charge is 0.480 e. The average molecular weight is 868 g/mol. The maximum Gasteiger partial charge on any atom is 0.326 e. The fraction of sp³-hybridized carbons (Fsp3) is 0.568. The topological polar surface area (TPSA) is 263 Å². The van der Waals surface area contributed by atoms with Crippen LogP contribution in [-0.4, -0.2) is 178 Å². The van der Waals surface area contributed by atoms with E-state index in [1.54, 1.807) is 46.2 Å². The quantitative estimate of drug-likeness (QED) is 0.0729. The third-order valence-electron chi connectivity index (χ3n) is 10.7. The lowest BCUT2D eigenvalue weighted by Crippen LogP contribution is -2.53. The second kappa shape index (κ2) is 26.9. The number of carboxylic acid groups (broad SMARTS) is 4. The lowest BCUT2D eigenvalue weighted by molar-refractivity contribution is -0.142. The summed E-state index contributed by atoms with van der Waals surface area (Å²) < 4.78 is 0. The van der Waals surface area contributed by atoms with E-state index in [0.717, 1.165) is 17.7 Å². The standard InChI is InChI=1S/C44H65N7O11/c1-31(2)26-48-18-19-49(28-40(54)55)20-21-50(29-41(56)57)27-35(51(23-22-48)30-42(58)59)24-33-11-13-34(14-12-33)43(60)47-37(25-32-8-4-3-5-9-32)38(52)15-16-39(53)46-36(44(61)62)10-6-7-17-45/h3-5,8-9,11-14,31,35-37H,6-7,10,15-30,45H2,1-2H3,(H,46,53)(H,47,60)(H,54,55)(H,56,57)(H,58,59)(H,61,62). The number of benzene rings is 2. The van der Waals surface area contributed by atoms with Crippen LogP contribution in [0, 0.1) is 5.92 Å². The van der Waals surface area contributed by atoms with Crippen molar-refractivity contribution in [2.45, 2.75) is 76.9 Å². The van der Waals surface area contributed by atoms with Crippen LogP contribution in [0.4, 0.5) is 0 Å². The highest BCUT2D eigenvalue weighted by Crippen LogP contribution is 2.16. The number of Topliss-reactive ketones (excluding diaryl/α,β-unsaturated/α-hetero) is 1. The Morgan fingerprint density at radius 3 is 1.87 bits per heavy atom. The first-order chi connectivity index (χ1) is 29.5. The zero-order valence-corrected chi connectivity index (χ0v) is 36.0. The minimum atomic E-state index is -1.18. The molecule has 2 aromatic rings. The summed E-state index contributed by atoms with van der Waals surface area (Å²) in [6.45, 7) is 7.03. The van der Waals surface area contributed by atoms with E-state index in [1.165, 1.54) is 0 Å². The van der Waals surface area contributed by atoms with E-state index in [-0.39, 0.29) is 64.0 Å². The summed E-state index contributed by atoms with van der Waals surface area (Å²) in [7, 11) is 0. The Kier molecular flexibility index (Phi) is 22.2. The Bertz CT molecular complexity index is 1760. The number of rotatable bonds is 24. The van der Waals surface area contributed by atoms with Gasteiger partial charge in [-0.1, -0.05) is 56.3 Å². The number of unbranched alkanes of at least 4 members (excludes halogenated alkanes) is 1. The molecule has 342 valence electrons. The van der Waals surface area contributed by atoms with E-state index < -0.39 is 59.6 Å². The molecule has 0 saturated carbocycles. The third-order valence-corrected chi connectivity index (χ3v) is 10.7. The van der Waals surface area contributed by atoms with Crippen LogP contribution in [0.2, 0.25) is 0 Å². The Balaban J connectivity index is 1.82. The predicted octanol–water partition coefficient (Wildman–Crippen LogP) is 1.12. The van der Waals surface area contributed by atoms with Gasteiger partial charge in [0.2, 0.25) is 5.91 Å². The van der Waals surface area contributed by atoms with Gasteiger partial charge in [0.25, 0.3) is 5.91 Å². The van der Waals surface area contributed by atoms with Gasteiger partial charge in [0.15, 0.2) is 5.78 Å². The third kappa shape index (κ3) is 19.6. The zero-order valence-electron chi connectivity index (χ0n) is 36.0. The van der Waals surface area contributed by atoms with Gasteiger partial charge < -0.3 is 41.7 Å².